The number of carboxylic acid groups (broad SMARTS) is 1. The summed E-state index contributed by atoms with van der Waals surface area (Å²) in [5.41, 5.74) is 0.428. The van der Waals surface area contributed by atoms with Crippen LogP contribution in [-0.4, -0.2) is 20.6 Å². The van der Waals surface area contributed by atoms with Crippen molar-refractivity contribution in [3.05, 3.63) is 28.4 Å². The summed E-state index contributed by atoms with van der Waals surface area (Å²) in [7, 11) is 0. The van der Waals surface area contributed by atoms with E-state index in [1.165, 1.54) is 10.8 Å². The minimum atomic E-state index is -0.923. The number of aliphatic carboxylic acids is 1. The second-order valence-electron chi connectivity index (χ2n) is 2.75. The van der Waals surface area contributed by atoms with Crippen molar-refractivity contribution in [2.75, 3.05) is 0 Å². The molecule has 0 aliphatic heterocycles. The maximum atomic E-state index is 11.0. The third-order valence-corrected chi connectivity index (χ3v) is 1.55. The SMILES string of the molecule is Cc1cnc(=O)n(CCC(=O)O)c1. The minimum absolute atomic E-state index is 0.0644. The molecule has 0 saturated heterocycles. The Kier molecular flexibility index (Phi) is 2.79. The Balaban J connectivity index is 2.82. The molecule has 0 bridgehead atoms. The lowest BCUT2D eigenvalue weighted by Crippen LogP contribution is -2.23. The van der Waals surface area contributed by atoms with Crippen molar-refractivity contribution in [3.63, 3.8) is 0 Å². The first-order chi connectivity index (χ1) is 6.09. The highest BCUT2D eigenvalue weighted by Crippen LogP contribution is 1.91. The van der Waals surface area contributed by atoms with Gasteiger partial charge in [-0.2, -0.15) is 0 Å². The Morgan fingerprint density at radius 3 is 3.00 bits per heavy atom. The monoisotopic (exact) mass is 182 g/mol. The average Bonchev–Trinajstić information content (AvgIpc) is 2.06. The summed E-state index contributed by atoms with van der Waals surface area (Å²) in [5.74, 6) is -0.923. The fourth-order valence-electron chi connectivity index (χ4n) is 0.942. The van der Waals surface area contributed by atoms with Gasteiger partial charge in [0.2, 0.25) is 0 Å². The zero-order valence-corrected chi connectivity index (χ0v) is 7.23. The second-order valence-corrected chi connectivity index (χ2v) is 2.75. The van der Waals surface area contributed by atoms with Crippen molar-refractivity contribution < 1.29 is 9.90 Å². The van der Waals surface area contributed by atoms with E-state index in [9.17, 15) is 9.59 Å². The smallest absolute Gasteiger partial charge is 0.347 e. The molecule has 1 rings (SSSR count). The van der Waals surface area contributed by atoms with Crippen LogP contribution in [0.15, 0.2) is 17.2 Å². The summed E-state index contributed by atoms with van der Waals surface area (Å²) in [6.07, 6.45) is 2.99. The average molecular weight is 182 g/mol. The fourth-order valence-corrected chi connectivity index (χ4v) is 0.942. The van der Waals surface area contributed by atoms with E-state index in [1.54, 1.807) is 13.1 Å². The van der Waals surface area contributed by atoms with Gasteiger partial charge in [0.15, 0.2) is 0 Å². The first kappa shape index (κ1) is 9.44. The van der Waals surface area contributed by atoms with Gasteiger partial charge in [-0.3, -0.25) is 9.36 Å². The van der Waals surface area contributed by atoms with Crippen LogP contribution >= 0.6 is 0 Å². The van der Waals surface area contributed by atoms with Gasteiger partial charge in [-0.25, -0.2) is 9.78 Å². The van der Waals surface area contributed by atoms with E-state index in [4.69, 9.17) is 5.11 Å². The van der Waals surface area contributed by atoms with Crippen molar-refractivity contribution in [2.24, 2.45) is 0 Å². The lowest BCUT2D eigenvalue weighted by Gasteiger charge is -2.02. The molecule has 1 heterocycles. The standard InChI is InChI=1S/C8H10N2O3/c1-6-4-9-8(13)10(5-6)3-2-7(11)12/h4-5H,2-3H2,1H3,(H,11,12). The molecule has 0 amide bonds. The van der Waals surface area contributed by atoms with Crippen molar-refractivity contribution in [3.8, 4) is 0 Å². The third-order valence-electron chi connectivity index (χ3n) is 1.55. The molecule has 0 unspecified atom stereocenters. The second kappa shape index (κ2) is 3.84. The third kappa shape index (κ3) is 2.70. The molecule has 70 valence electrons. The van der Waals surface area contributed by atoms with Crippen LogP contribution in [0, 0.1) is 6.92 Å². The summed E-state index contributed by atoms with van der Waals surface area (Å²) in [6.45, 7) is 1.96. The molecule has 1 aromatic heterocycles. The Morgan fingerprint density at radius 1 is 1.69 bits per heavy atom. The summed E-state index contributed by atoms with van der Waals surface area (Å²) in [5, 5.41) is 8.40. The predicted octanol–water partition coefficient (Wildman–Crippen LogP) is 0.0264. The minimum Gasteiger partial charge on any atom is -0.481 e. The van der Waals surface area contributed by atoms with Gasteiger partial charge < -0.3 is 5.11 Å². The van der Waals surface area contributed by atoms with Gasteiger partial charge in [0, 0.05) is 18.9 Å². The zero-order chi connectivity index (χ0) is 9.84. The van der Waals surface area contributed by atoms with E-state index in [-0.39, 0.29) is 13.0 Å². The number of aryl methyl sites for hydroxylation is 2. The number of hydrogen-bond acceptors (Lipinski definition) is 3. The van der Waals surface area contributed by atoms with Crippen LogP contribution in [0.4, 0.5) is 0 Å². The van der Waals surface area contributed by atoms with Crippen LogP contribution in [0.1, 0.15) is 12.0 Å². The first-order valence-electron chi connectivity index (χ1n) is 3.84. The molecule has 1 aromatic rings. The van der Waals surface area contributed by atoms with Crippen molar-refractivity contribution in [2.45, 2.75) is 19.9 Å². The maximum Gasteiger partial charge on any atom is 0.347 e. The number of carbonyl (C=O) groups is 1. The van der Waals surface area contributed by atoms with E-state index in [0.29, 0.717) is 0 Å². The first-order valence-corrected chi connectivity index (χ1v) is 3.84. The van der Waals surface area contributed by atoms with Gasteiger partial charge in [0.25, 0.3) is 0 Å². The Morgan fingerprint density at radius 2 is 2.38 bits per heavy atom. The largest absolute Gasteiger partial charge is 0.481 e. The molecule has 5 heteroatoms. The fraction of sp³-hybridized carbons (Fsp3) is 0.375. The number of rotatable bonds is 3. The lowest BCUT2D eigenvalue weighted by molar-refractivity contribution is -0.137. The molecule has 0 aliphatic rings. The molecule has 0 spiro atoms. The molecular formula is C8H10N2O3. The molecule has 0 saturated carbocycles. The van der Waals surface area contributed by atoms with E-state index in [0.717, 1.165) is 5.56 Å². The van der Waals surface area contributed by atoms with E-state index in [1.807, 2.05) is 0 Å². The quantitative estimate of drug-likeness (QED) is 0.715. The van der Waals surface area contributed by atoms with Crippen molar-refractivity contribution >= 4 is 5.97 Å². The van der Waals surface area contributed by atoms with Crippen LogP contribution in [0.25, 0.3) is 0 Å². The predicted molar refractivity (Wildman–Crippen MR) is 45.5 cm³/mol. The van der Waals surface area contributed by atoms with Gasteiger partial charge in [-0.15, -0.1) is 0 Å². The van der Waals surface area contributed by atoms with E-state index in [2.05, 4.69) is 4.98 Å². The maximum absolute atomic E-state index is 11.0. The van der Waals surface area contributed by atoms with Gasteiger partial charge in [-0.1, -0.05) is 0 Å². The van der Waals surface area contributed by atoms with Gasteiger partial charge in [0.1, 0.15) is 0 Å². The Hall–Kier alpha value is -1.65. The molecule has 1 N–H and O–H groups in total. The van der Waals surface area contributed by atoms with Crippen molar-refractivity contribution in [1.82, 2.24) is 9.55 Å². The number of aromatic nitrogens is 2. The van der Waals surface area contributed by atoms with Crippen LogP contribution in [-0.2, 0) is 11.3 Å². The normalized spacial score (nSPS) is 9.92. The van der Waals surface area contributed by atoms with Crippen LogP contribution in [0.5, 0.6) is 0 Å². The molecule has 13 heavy (non-hydrogen) atoms. The molecule has 0 radical (unpaired) electrons. The number of carboxylic acids is 1. The molecule has 5 nitrogen and oxygen atoms in total. The van der Waals surface area contributed by atoms with Gasteiger partial charge >= 0.3 is 11.7 Å². The summed E-state index contributed by atoms with van der Waals surface area (Å²) in [4.78, 5) is 24.8. The molecule has 0 atom stereocenters. The summed E-state index contributed by atoms with van der Waals surface area (Å²) >= 11 is 0. The molecular weight excluding hydrogens is 172 g/mol. The van der Waals surface area contributed by atoms with Crippen LogP contribution < -0.4 is 5.69 Å². The topological polar surface area (TPSA) is 72.2 Å². The highest BCUT2D eigenvalue weighted by Gasteiger charge is 2.00. The number of nitrogens with zero attached hydrogens (tertiary/aromatic N) is 2. The van der Waals surface area contributed by atoms with Gasteiger partial charge in [0.05, 0.1) is 6.42 Å². The van der Waals surface area contributed by atoms with Crippen LogP contribution in [0.3, 0.4) is 0 Å². The van der Waals surface area contributed by atoms with E-state index < -0.39 is 11.7 Å². The molecule has 0 fully saturated rings. The number of hydrogen-bond donors (Lipinski definition) is 1. The van der Waals surface area contributed by atoms with Gasteiger partial charge in [-0.05, 0) is 12.5 Å². The summed E-state index contributed by atoms with van der Waals surface area (Å²) < 4.78 is 1.30. The summed E-state index contributed by atoms with van der Waals surface area (Å²) in [6, 6.07) is 0. The van der Waals surface area contributed by atoms with Crippen LogP contribution in [0.2, 0.25) is 0 Å². The highest BCUT2D eigenvalue weighted by molar-refractivity contribution is 5.66. The Labute approximate surface area is 74.7 Å². The lowest BCUT2D eigenvalue weighted by atomic mass is 10.4. The Bertz CT molecular complexity index is 370. The molecule has 0 aromatic carbocycles. The van der Waals surface area contributed by atoms with E-state index >= 15 is 0 Å². The van der Waals surface area contributed by atoms with Crippen molar-refractivity contribution in [1.29, 1.82) is 0 Å². The zero-order valence-electron chi connectivity index (χ0n) is 7.23. The highest BCUT2D eigenvalue weighted by atomic mass is 16.4. The molecule has 0 aliphatic carbocycles.